The maximum Gasteiger partial charge on any atom is 0.150 e. The van der Waals surface area contributed by atoms with Gasteiger partial charge in [0.25, 0.3) is 0 Å². The fraction of sp³-hybridized carbons (Fsp3) is 1.00. The molecule has 2 unspecified atom stereocenters. The normalized spacial score (nSPS) is 39.4. The maximum absolute atomic E-state index is 11.6. The Bertz CT molecular complexity index is 331. The molecule has 1 N–H and O–H groups in total. The Balaban J connectivity index is 1.93. The number of nitrogens with one attached hydrogen (secondary N) is 1. The molecule has 94 valence electrons. The molecular formula is C12H23NO2S. The van der Waals surface area contributed by atoms with E-state index in [4.69, 9.17) is 0 Å². The first-order chi connectivity index (χ1) is 7.49. The van der Waals surface area contributed by atoms with E-state index in [2.05, 4.69) is 12.2 Å². The molecule has 16 heavy (non-hydrogen) atoms. The minimum atomic E-state index is -2.74. The van der Waals surface area contributed by atoms with E-state index >= 15 is 0 Å². The summed E-state index contributed by atoms with van der Waals surface area (Å²) >= 11 is 0. The molecule has 2 atom stereocenters. The Morgan fingerprint density at radius 2 is 2.12 bits per heavy atom. The van der Waals surface area contributed by atoms with Crippen LogP contribution < -0.4 is 5.32 Å². The third kappa shape index (κ3) is 3.20. The van der Waals surface area contributed by atoms with Gasteiger partial charge in [0.2, 0.25) is 0 Å². The summed E-state index contributed by atoms with van der Waals surface area (Å²) in [6, 6.07) is 0. The van der Waals surface area contributed by atoms with E-state index in [1.807, 2.05) is 0 Å². The fourth-order valence-electron chi connectivity index (χ4n) is 3.21. The lowest BCUT2D eigenvalue weighted by atomic mass is 9.81. The van der Waals surface area contributed by atoms with Crippen molar-refractivity contribution in [1.29, 1.82) is 0 Å². The van der Waals surface area contributed by atoms with E-state index in [0.717, 1.165) is 25.8 Å². The quantitative estimate of drug-likeness (QED) is 0.806. The van der Waals surface area contributed by atoms with Crippen LogP contribution in [0.25, 0.3) is 0 Å². The van der Waals surface area contributed by atoms with Crippen molar-refractivity contribution in [2.24, 2.45) is 5.92 Å². The first kappa shape index (κ1) is 12.4. The molecule has 0 aromatic heterocycles. The average Bonchev–Trinajstić information content (AvgIpc) is 2.16. The second kappa shape index (κ2) is 4.65. The standard InChI is InChI=1S/C12H23NO2S/c1-12(6-2-3-7-13-12)9-11-5-4-8-16(14,15)10-11/h11,13H,2-10H2,1H3. The molecule has 0 aromatic rings. The van der Waals surface area contributed by atoms with Crippen LogP contribution in [0.4, 0.5) is 0 Å². The van der Waals surface area contributed by atoms with E-state index < -0.39 is 9.84 Å². The van der Waals surface area contributed by atoms with Crippen LogP contribution in [0, 0.1) is 5.92 Å². The lowest BCUT2D eigenvalue weighted by Gasteiger charge is -2.38. The molecule has 2 saturated heterocycles. The lowest BCUT2D eigenvalue weighted by Crippen LogP contribution is -2.48. The van der Waals surface area contributed by atoms with Gasteiger partial charge in [-0.1, -0.05) is 6.42 Å². The van der Waals surface area contributed by atoms with Crippen LogP contribution in [-0.4, -0.2) is 32.0 Å². The average molecular weight is 245 g/mol. The molecule has 2 aliphatic heterocycles. The minimum Gasteiger partial charge on any atom is -0.312 e. The summed E-state index contributed by atoms with van der Waals surface area (Å²) in [7, 11) is -2.74. The Kier molecular flexibility index (Phi) is 3.59. The van der Waals surface area contributed by atoms with Gasteiger partial charge in [-0.25, -0.2) is 8.42 Å². The molecule has 2 aliphatic rings. The van der Waals surface area contributed by atoms with Crippen LogP contribution in [0.1, 0.15) is 45.4 Å². The van der Waals surface area contributed by atoms with Crippen LogP contribution in [-0.2, 0) is 9.84 Å². The molecule has 3 nitrogen and oxygen atoms in total. The Morgan fingerprint density at radius 1 is 1.31 bits per heavy atom. The smallest absolute Gasteiger partial charge is 0.150 e. The van der Waals surface area contributed by atoms with Gasteiger partial charge in [0.05, 0.1) is 11.5 Å². The Morgan fingerprint density at radius 3 is 2.75 bits per heavy atom. The van der Waals surface area contributed by atoms with Gasteiger partial charge >= 0.3 is 0 Å². The molecule has 4 heteroatoms. The number of hydrogen-bond acceptors (Lipinski definition) is 3. The predicted octanol–water partition coefficient (Wildman–Crippen LogP) is 1.73. The number of hydrogen-bond donors (Lipinski definition) is 1. The molecule has 0 radical (unpaired) electrons. The Hall–Kier alpha value is -0.0900. The van der Waals surface area contributed by atoms with Gasteiger partial charge in [0, 0.05) is 5.54 Å². The molecule has 2 rings (SSSR count). The second-order valence-electron chi connectivity index (χ2n) is 5.77. The van der Waals surface area contributed by atoms with E-state index in [1.165, 1.54) is 19.3 Å². The van der Waals surface area contributed by atoms with Crippen molar-refractivity contribution in [3.8, 4) is 0 Å². The first-order valence-electron chi connectivity index (χ1n) is 6.45. The lowest BCUT2D eigenvalue weighted by molar-refractivity contribution is 0.222. The van der Waals surface area contributed by atoms with E-state index in [9.17, 15) is 8.42 Å². The highest BCUT2D eigenvalue weighted by atomic mass is 32.2. The molecule has 0 spiro atoms. The van der Waals surface area contributed by atoms with Crippen molar-refractivity contribution in [3.63, 3.8) is 0 Å². The van der Waals surface area contributed by atoms with E-state index in [0.29, 0.717) is 17.4 Å². The van der Waals surface area contributed by atoms with E-state index in [-0.39, 0.29) is 5.54 Å². The molecule has 0 amide bonds. The summed E-state index contributed by atoms with van der Waals surface area (Å²) in [5, 5.41) is 3.58. The molecule has 0 bridgehead atoms. The van der Waals surface area contributed by atoms with Crippen molar-refractivity contribution in [2.75, 3.05) is 18.1 Å². The zero-order valence-corrected chi connectivity index (χ0v) is 11.0. The monoisotopic (exact) mass is 245 g/mol. The van der Waals surface area contributed by atoms with Crippen LogP contribution in [0.3, 0.4) is 0 Å². The molecule has 2 fully saturated rings. The second-order valence-corrected chi connectivity index (χ2v) is 8.00. The first-order valence-corrected chi connectivity index (χ1v) is 8.27. The summed E-state index contributed by atoms with van der Waals surface area (Å²) in [4.78, 5) is 0. The summed E-state index contributed by atoms with van der Waals surface area (Å²) in [6.07, 6.45) is 6.73. The van der Waals surface area contributed by atoms with Gasteiger partial charge in [0.15, 0.2) is 9.84 Å². The van der Waals surface area contributed by atoms with Gasteiger partial charge in [-0.2, -0.15) is 0 Å². The number of rotatable bonds is 2. The van der Waals surface area contributed by atoms with Crippen LogP contribution in [0.5, 0.6) is 0 Å². The summed E-state index contributed by atoms with van der Waals surface area (Å²) in [5.41, 5.74) is 0.190. The molecular weight excluding hydrogens is 222 g/mol. The molecule has 0 saturated carbocycles. The van der Waals surface area contributed by atoms with Gasteiger partial charge in [-0.15, -0.1) is 0 Å². The van der Waals surface area contributed by atoms with Crippen molar-refractivity contribution in [2.45, 2.75) is 51.0 Å². The summed E-state index contributed by atoms with van der Waals surface area (Å²) < 4.78 is 23.2. The SMILES string of the molecule is CC1(CC2CCCS(=O)(=O)C2)CCCCN1. The van der Waals surface area contributed by atoms with Crippen LogP contribution in [0.15, 0.2) is 0 Å². The van der Waals surface area contributed by atoms with Crippen molar-refractivity contribution in [1.82, 2.24) is 5.32 Å². The van der Waals surface area contributed by atoms with Gasteiger partial charge in [-0.05, 0) is 51.5 Å². The zero-order chi connectivity index (χ0) is 11.6. The highest BCUT2D eigenvalue weighted by molar-refractivity contribution is 7.91. The fourth-order valence-corrected chi connectivity index (χ4v) is 4.98. The number of sulfone groups is 1. The largest absolute Gasteiger partial charge is 0.312 e. The van der Waals surface area contributed by atoms with E-state index in [1.54, 1.807) is 0 Å². The Labute approximate surface area is 98.9 Å². The highest BCUT2D eigenvalue weighted by Gasteiger charge is 2.33. The van der Waals surface area contributed by atoms with Crippen molar-refractivity contribution in [3.05, 3.63) is 0 Å². The summed E-state index contributed by atoms with van der Waals surface area (Å²) in [5.74, 6) is 1.21. The van der Waals surface area contributed by atoms with Gasteiger partial charge in [0.1, 0.15) is 0 Å². The van der Waals surface area contributed by atoms with Gasteiger partial charge < -0.3 is 5.32 Å². The van der Waals surface area contributed by atoms with Crippen LogP contribution in [0.2, 0.25) is 0 Å². The molecule has 0 aliphatic carbocycles. The van der Waals surface area contributed by atoms with Crippen LogP contribution >= 0.6 is 0 Å². The number of piperidine rings is 1. The molecule has 2 heterocycles. The van der Waals surface area contributed by atoms with Crippen molar-refractivity contribution < 1.29 is 8.42 Å². The topological polar surface area (TPSA) is 46.2 Å². The third-order valence-electron chi connectivity index (χ3n) is 4.00. The third-order valence-corrected chi connectivity index (χ3v) is 5.89. The predicted molar refractivity (Wildman–Crippen MR) is 66.3 cm³/mol. The minimum absolute atomic E-state index is 0.190. The van der Waals surface area contributed by atoms with Gasteiger partial charge in [-0.3, -0.25) is 0 Å². The molecule has 0 aromatic carbocycles. The van der Waals surface area contributed by atoms with Crippen molar-refractivity contribution >= 4 is 9.84 Å². The zero-order valence-electron chi connectivity index (χ0n) is 10.2. The highest BCUT2D eigenvalue weighted by Crippen LogP contribution is 2.31. The maximum atomic E-state index is 11.6. The summed E-state index contributed by atoms with van der Waals surface area (Å²) in [6.45, 7) is 3.35.